The molecule has 0 saturated carbocycles. The van der Waals surface area contributed by atoms with Gasteiger partial charge in [0.2, 0.25) is 0 Å². The van der Waals surface area contributed by atoms with Crippen LogP contribution in [0.4, 0.5) is 0 Å². The van der Waals surface area contributed by atoms with Gasteiger partial charge in [0, 0.05) is 6.04 Å². The highest BCUT2D eigenvalue weighted by Gasteiger charge is 2.31. The van der Waals surface area contributed by atoms with Crippen LogP contribution in [-0.4, -0.2) is 17.3 Å². The van der Waals surface area contributed by atoms with Crippen LogP contribution in [0.3, 0.4) is 0 Å². The first-order valence-corrected chi connectivity index (χ1v) is 6.10. The lowest BCUT2D eigenvalue weighted by Gasteiger charge is -2.27. The van der Waals surface area contributed by atoms with Crippen molar-refractivity contribution in [1.29, 1.82) is 0 Å². The highest BCUT2D eigenvalue weighted by molar-refractivity contribution is 5.32. The van der Waals surface area contributed by atoms with Crippen molar-refractivity contribution in [3.05, 3.63) is 35.4 Å². The fraction of sp³-hybridized carbons (Fsp3) is 0.571. The predicted octanol–water partition coefficient (Wildman–Crippen LogP) is 1.75. The predicted molar refractivity (Wildman–Crippen MR) is 66.2 cm³/mol. The molecule has 2 rings (SSSR count). The summed E-state index contributed by atoms with van der Waals surface area (Å²) in [6.07, 6.45) is 1.64. The fourth-order valence-corrected chi connectivity index (χ4v) is 2.59. The molecule has 0 aromatic heterocycles. The minimum atomic E-state index is -0.390. The molecular formula is C14H21NO. The van der Waals surface area contributed by atoms with E-state index in [2.05, 4.69) is 24.3 Å². The van der Waals surface area contributed by atoms with Crippen LogP contribution in [0.15, 0.2) is 24.3 Å². The normalized spacial score (nSPS) is 19.8. The number of nitrogens with two attached hydrogens (primary N) is 1. The maximum Gasteiger partial charge on any atom is 0.0716 e. The van der Waals surface area contributed by atoms with Crippen molar-refractivity contribution in [2.75, 3.05) is 0 Å². The summed E-state index contributed by atoms with van der Waals surface area (Å²) in [5, 5.41) is 10.0. The first kappa shape index (κ1) is 11.6. The molecule has 88 valence electrons. The van der Waals surface area contributed by atoms with Crippen molar-refractivity contribution in [2.24, 2.45) is 17.6 Å². The number of fused-ring (bicyclic) bond motifs is 1. The van der Waals surface area contributed by atoms with Gasteiger partial charge >= 0.3 is 0 Å². The first-order chi connectivity index (χ1) is 7.59. The maximum atomic E-state index is 10.0. The molecule has 0 aliphatic heterocycles. The van der Waals surface area contributed by atoms with E-state index < -0.39 is 0 Å². The van der Waals surface area contributed by atoms with Crippen LogP contribution >= 0.6 is 0 Å². The Hall–Kier alpha value is -0.860. The molecule has 3 N–H and O–H groups in total. The molecule has 1 aromatic carbocycles. The molecule has 0 saturated heterocycles. The Morgan fingerprint density at radius 3 is 2.12 bits per heavy atom. The Balaban J connectivity index is 2.06. The summed E-state index contributed by atoms with van der Waals surface area (Å²) in [4.78, 5) is 0. The van der Waals surface area contributed by atoms with E-state index >= 15 is 0 Å². The van der Waals surface area contributed by atoms with Crippen molar-refractivity contribution < 1.29 is 5.11 Å². The van der Waals surface area contributed by atoms with E-state index in [-0.39, 0.29) is 18.1 Å². The molecule has 2 nitrogen and oxygen atoms in total. The average molecular weight is 219 g/mol. The molecule has 0 spiro atoms. The topological polar surface area (TPSA) is 46.2 Å². The van der Waals surface area contributed by atoms with Gasteiger partial charge in [-0.25, -0.2) is 0 Å². The van der Waals surface area contributed by atoms with Gasteiger partial charge in [-0.05, 0) is 35.8 Å². The largest absolute Gasteiger partial charge is 0.391 e. The zero-order valence-electron chi connectivity index (χ0n) is 10.1. The fourth-order valence-electron chi connectivity index (χ4n) is 2.59. The molecule has 1 aliphatic rings. The van der Waals surface area contributed by atoms with E-state index in [1.165, 1.54) is 11.1 Å². The second-order valence-corrected chi connectivity index (χ2v) is 5.25. The maximum absolute atomic E-state index is 10.0. The summed E-state index contributed by atoms with van der Waals surface area (Å²) < 4.78 is 0. The molecule has 0 radical (unpaired) electrons. The van der Waals surface area contributed by atoms with Crippen LogP contribution in [0.5, 0.6) is 0 Å². The molecule has 16 heavy (non-hydrogen) atoms. The van der Waals surface area contributed by atoms with Crippen LogP contribution in [-0.2, 0) is 12.8 Å². The highest BCUT2D eigenvalue weighted by atomic mass is 16.3. The Morgan fingerprint density at radius 1 is 1.19 bits per heavy atom. The van der Waals surface area contributed by atoms with Crippen LogP contribution in [0, 0.1) is 11.8 Å². The van der Waals surface area contributed by atoms with Crippen molar-refractivity contribution >= 4 is 0 Å². The second kappa shape index (κ2) is 4.56. The Kier molecular flexibility index (Phi) is 3.31. The van der Waals surface area contributed by atoms with Crippen LogP contribution in [0.25, 0.3) is 0 Å². The highest BCUT2D eigenvalue weighted by Crippen LogP contribution is 2.29. The standard InChI is InChI=1S/C14H21NO/c1-9(2)14(16)13(15)12-7-10-5-3-4-6-11(10)8-12/h3-6,9,12-14,16H,7-8,15H2,1-2H3. The number of rotatable bonds is 3. The zero-order chi connectivity index (χ0) is 11.7. The lowest BCUT2D eigenvalue weighted by atomic mass is 9.88. The molecule has 0 fully saturated rings. The lowest BCUT2D eigenvalue weighted by Crippen LogP contribution is -2.44. The number of hydrogen-bond donors (Lipinski definition) is 2. The quantitative estimate of drug-likeness (QED) is 0.813. The van der Waals surface area contributed by atoms with E-state index in [0.717, 1.165) is 12.8 Å². The van der Waals surface area contributed by atoms with E-state index in [4.69, 9.17) is 5.73 Å². The molecular weight excluding hydrogens is 198 g/mol. The minimum Gasteiger partial charge on any atom is -0.391 e. The summed E-state index contributed by atoms with van der Waals surface area (Å²) >= 11 is 0. The molecule has 1 aromatic rings. The van der Waals surface area contributed by atoms with Crippen LogP contribution < -0.4 is 5.73 Å². The molecule has 1 aliphatic carbocycles. The summed E-state index contributed by atoms with van der Waals surface area (Å²) in [5.74, 6) is 0.633. The van der Waals surface area contributed by atoms with Gasteiger partial charge in [0.25, 0.3) is 0 Å². The van der Waals surface area contributed by atoms with Gasteiger partial charge < -0.3 is 10.8 Å². The monoisotopic (exact) mass is 219 g/mol. The Bertz CT molecular complexity index is 337. The molecule has 2 heteroatoms. The lowest BCUT2D eigenvalue weighted by molar-refractivity contribution is 0.0766. The molecule has 0 bridgehead atoms. The van der Waals surface area contributed by atoms with Gasteiger partial charge in [0.1, 0.15) is 0 Å². The van der Waals surface area contributed by atoms with Gasteiger partial charge in [0.05, 0.1) is 6.10 Å². The molecule has 0 heterocycles. The van der Waals surface area contributed by atoms with Crippen LogP contribution in [0.2, 0.25) is 0 Å². The Labute approximate surface area is 97.5 Å². The summed E-state index contributed by atoms with van der Waals surface area (Å²) in [7, 11) is 0. The summed E-state index contributed by atoms with van der Waals surface area (Å²) in [6.45, 7) is 4.04. The van der Waals surface area contributed by atoms with E-state index in [9.17, 15) is 5.11 Å². The molecule has 2 unspecified atom stereocenters. The summed E-state index contributed by atoms with van der Waals surface area (Å²) in [5.41, 5.74) is 8.96. The van der Waals surface area contributed by atoms with Gasteiger partial charge in [-0.15, -0.1) is 0 Å². The summed E-state index contributed by atoms with van der Waals surface area (Å²) in [6, 6.07) is 8.39. The minimum absolute atomic E-state index is 0.104. The smallest absolute Gasteiger partial charge is 0.0716 e. The van der Waals surface area contributed by atoms with E-state index in [0.29, 0.717) is 5.92 Å². The second-order valence-electron chi connectivity index (χ2n) is 5.25. The van der Waals surface area contributed by atoms with Gasteiger partial charge in [0.15, 0.2) is 0 Å². The van der Waals surface area contributed by atoms with E-state index in [1.807, 2.05) is 13.8 Å². The van der Waals surface area contributed by atoms with Gasteiger partial charge in [-0.2, -0.15) is 0 Å². The number of benzene rings is 1. The molecule has 2 atom stereocenters. The van der Waals surface area contributed by atoms with Gasteiger partial charge in [-0.1, -0.05) is 38.1 Å². The van der Waals surface area contributed by atoms with Crippen LogP contribution in [0.1, 0.15) is 25.0 Å². The Morgan fingerprint density at radius 2 is 1.69 bits per heavy atom. The third-order valence-electron chi connectivity index (χ3n) is 3.70. The van der Waals surface area contributed by atoms with Crippen molar-refractivity contribution in [2.45, 2.75) is 38.8 Å². The van der Waals surface area contributed by atoms with Crippen molar-refractivity contribution in [3.8, 4) is 0 Å². The first-order valence-electron chi connectivity index (χ1n) is 6.10. The van der Waals surface area contributed by atoms with Gasteiger partial charge in [-0.3, -0.25) is 0 Å². The molecule has 0 amide bonds. The zero-order valence-corrected chi connectivity index (χ0v) is 10.1. The SMILES string of the molecule is CC(C)C(O)C(N)C1Cc2ccccc2C1. The third-order valence-corrected chi connectivity index (χ3v) is 3.70. The van der Waals surface area contributed by atoms with E-state index in [1.54, 1.807) is 0 Å². The van der Waals surface area contributed by atoms with Crippen molar-refractivity contribution in [3.63, 3.8) is 0 Å². The average Bonchev–Trinajstić information content (AvgIpc) is 2.70. The number of hydrogen-bond acceptors (Lipinski definition) is 2. The number of aliphatic hydroxyl groups is 1. The number of aliphatic hydroxyl groups excluding tert-OH is 1. The van der Waals surface area contributed by atoms with Crippen molar-refractivity contribution in [1.82, 2.24) is 0 Å². The third kappa shape index (κ3) is 2.13.